The average molecular weight is 335 g/mol. The Morgan fingerprint density at radius 3 is 2.46 bits per heavy atom. The molecule has 0 saturated heterocycles. The lowest BCUT2D eigenvalue weighted by Crippen LogP contribution is -2.26. The third-order valence-electron chi connectivity index (χ3n) is 3.84. The summed E-state index contributed by atoms with van der Waals surface area (Å²) >= 11 is 0. The Hall–Kier alpha value is -2.63. The highest BCUT2D eigenvalue weighted by molar-refractivity contribution is 6.23. The number of fused-ring (bicyclic) bond motifs is 1. The Labute approximate surface area is 136 Å². The molecule has 1 heterocycles. The number of ketones is 1. The van der Waals surface area contributed by atoms with Crippen molar-refractivity contribution >= 4 is 17.0 Å². The molecule has 1 aliphatic rings. The highest BCUT2D eigenvalue weighted by atomic mass is 19.4. The first kappa shape index (κ1) is 16.2. The number of hydrogen-bond acceptors (Lipinski definition) is 2. The van der Waals surface area contributed by atoms with E-state index in [0.717, 1.165) is 0 Å². The molecular weight excluding hydrogens is 322 g/mol. The topological polar surface area (TPSA) is 20.3 Å². The van der Waals surface area contributed by atoms with Crippen molar-refractivity contribution < 1.29 is 22.4 Å². The molecule has 3 rings (SSSR count). The molecule has 0 atom stereocenters. The summed E-state index contributed by atoms with van der Waals surface area (Å²) in [6.45, 7) is 0.389. The van der Waals surface area contributed by atoms with Gasteiger partial charge in [0.15, 0.2) is 0 Å². The molecule has 24 heavy (non-hydrogen) atoms. The van der Waals surface area contributed by atoms with Gasteiger partial charge in [0.25, 0.3) is 5.78 Å². The molecule has 0 N–H and O–H groups in total. The van der Waals surface area contributed by atoms with Gasteiger partial charge in [0.2, 0.25) is 0 Å². The number of allylic oxidation sites excluding steroid dienone is 1. The van der Waals surface area contributed by atoms with Crippen LogP contribution < -0.4 is 4.90 Å². The molecule has 2 nitrogen and oxygen atoms in total. The van der Waals surface area contributed by atoms with Gasteiger partial charge in [-0.3, -0.25) is 4.79 Å². The number of halogens is 4. The van der Waals surface area contributed by atoms with E-state index in [1.165, 1.54) is 36.5 Å². The molecule has 2 aromatic rings. The van der Waals surface area contributed by atoms with Gasteiger partial charge in [0.05, 0.1) is 5.57 Å². The first-order chi connectivity index (χ1) is 11.4. The fourth-order valence-corrected chi connectivity index (χ4v) is 2.72. The standard InChI is InChI=1S/C18H13F4NO/c19-14-6-7-16-13(10-14)8-9-23(16)11-15(17(24)18(20,21)22)12-4-2-1-3-5-12/h1-7,10-11H,8-9H2/b15-11-. The highest BCUT2D eigenvalue weighted by Gasteiger charge is 2.41. The van der Waals surface area contributed by atoms with E-state index in [4.69, 9.17) is 0 Å². The van der Waals surface area contributed by atoms with Crippen molar-refractivity contribution in [3.63, 3.8) is 0 Å². The lowest BCUT2D eigenvalue weighted by molar-refractivity contribution is -0.164. The lowest BCUT2D eigenvalue weighted by Gasteiger charge is -2.18. The Morgan fingerprint density at radius 2 is 1.79 bits per heavy atom. The van der Waals surface area contributed by atoms with E-state index in [0.29, 0.717) is 24.2 Å². The van der Waals surface area contributed by atoms with Crippen LogP contribution in [0.4, 0.5) is 23.2 Å². The number of carbonyl (C=O) groups excluding carboxylic acids is 1. The molecule has 0 bridgehead atoms. The largest absolute Gasteiger partial charge is 0.454 e. The number of benzene rings is 2. The van der Waals surface area contributed by atoms with Crippen LogP contribution in [0.1, 0.15) is 11.1 Å². The molecule has 124 valence electrons. The summed E-state index contributed by atoms with van der Waals surface area (Å²) in [5.74, 6) is -2.29. The van der Waals surface area contributed by atoms with Crippen molar-refractivity contribution in [1.29, 1.82) is 0 Å². The Morgan fingerprint density at radius 1 is 1.08 bits per heavy atom. The molecule has 2 aromatic carbocycles. The lowest BCUT2D eigenvalue weighted by atomic mass is 10.0. The van der Waals surface area contributed by atoms with Crippen molar-refractivity contribution in [2.75, 3.05) is 11.4 Å². The predicted octanol–water partition coefficient (Wildman–Crippen LogP) is 4.36. The fourth-order valence-electron chi connectivity index (χ4n) is 2.72. The van der Waals surface area contributed by atoms with Crippen LogP contribution in [-0.2, 0) is 11.2 Å². The first-order valence-corrected chi connectivity index (χ1v) is 7.30. The maximum atomic E-state index is 13.3. The van der Waals surface area contributed by atoms with E-state index in [1.807, 2.05) is 0 Å². The Kier molecular flexibility index (Phi) is 4.13. The zero-order valence-corrected chi connectivity index (χ0v) is 12.5. The molecule has 0 aromatic heterocycles. The second-order valence-electron chi connectivity index (χ2n) is 5.45. The van der Waals surface area contributed by atoms with E-state index >= 15 is 0 Å². The predicted molar refractivity (Wildman–Crippen MR) is 82.9 cm³/mol. The molecule has 0 fully saturated rings. The zero-order chi connectivity index (χ0) is 17.3. The molecular formula is C18H13F4NO. The molecule has 0 radical (unpaired) electrons. The van der Waals surface area contributed by atoms with Crippen LogP contribution in [0.15, 0.2) is 54.7 Å². The second-order valence-corrected chi connectivity index (χ2v) is 5.45. The molecule has 0 unspecified atom stereocenters. The van der Waals surface area contributed by atoms with E-state index in [1.54, 1.807) is 23.1 Å². The number of Topliss-reactive ketones (excluding diaryl/α,β-unsaturated/α-hetero) is 1. The molecule has 1 aliphatic heterocycles. The molecule has 0 saturated carbocycles. The number of rotatable bonds is 3. The van der Waals surface area contributed by atoms with Gasteiger partial charge in [0.1, 0.15) is 5.82 Å². The zero-order valence-electron chi connectivity index (χ0n) is 12.5. The van der Waals surface area contributed by atoms with Crippen molar-refractivity contribution in [2.45, 2.75) is 12.6 Å². The average Bonchev–Trinajstić information content (AvgIpc) is 2.94. The maximum absolute atomic E-state index is 13.3. The molecule has 6 heteroatoms. The van der Waals surface area contributed by atoms with Crippen LogP contribution >= 0.6 is 0 Å². The minimum atomic E-state index is -4.97. The van der Waals surface area contributed by atoms with Gasteiger partial charge in [-0.05, 0) is 35.7 Å². The van der Waals surface area contributed by atoms with Gasteiger partial charge >= 0.3 is 6.18 Å². The SMILES string of the molecule is O=C(/C(=C\N1CCc2cc(F)ccc21)c1ccccc1)C(F)(F)F. The van der Waals surface area contributed by atoms with Crippen LogP contribution in [0.5, 0.6) is 0 Å². The highest BCUT2D eigenvalue weighted by Crippen LogP contribution is 2.32. The number of hydrogen-bond donors (Lipinski definition) is 0. The van der Waals surface area contributed by atoms with Gasteiger partial charge in [-0.2, -0.15) is 13.2 Å². The molecule has 0 amide bonds. The maximum Gasteiger partial charge on any atom is 0.454 e. The summed E-state index contributed by atoms with van der Waals surface area (Å²) in [7, 11) is 0. The van der Waals surface area contributed by atoms with Crippen LogP contribution in [0, 0.1) is 5.82 Å². The van der Waals surface area contributed by atoms with Crippen molar-refractivity contribution in [2.24, 2.45) is 0 Å². The van der Waals surface area contributed by atoms with Gasteiger partial charge in [0, 0.05) is 18.4 Å². The van der Waals surface area contributed by atoms with Crippen molar-refractivity contribution in [3.05, 3.63) is 71.7 Å². The number of alkyl halides is 3. The first-order valence-electron chi connectivity index (χ1n) is 7.30. The Bertz CT molecular complexity index is 796. The summed E-state index contributed by atoms with van der Waals surface area (Å²) in [6, 6.07) is 11.8. The third kappa shape index (κ3) is 3.18. The van der Waals surface area contributed by atoms with E-state index < -0.39 is 23.3 Å². The van der Waals surface area contributed by atoms with Gasteiger partial charge < -0.3 is 4.90 Å². The number of anilines is 1. The quantitative estimate of drug-likeness (QED) is 0.614. The third-order valence-corrected chi connectivity index (χ3v) is 3.84. The number of nitrogens with zero attached hydrogens (tertiary/aromatic N) is 1. The summed E-state index contributed by atoms with van der Waals surface area (Å²) in [5, 5.41) is 0. The normalized spacial score (nSPS) is 14.7. The summed E-state index contributed by atoms with van der Waals surface area (Å²) in [6.07, 6.45) is -3.26. The monoisotopic (exact) mass is 335 g/mol. The van der Waals surface area contributed by atoms with Crippen LogP contribution in [-0.4, -0.2) is 18.5 Å². The fraction of sp³-hybridized carbons (Fsp3) is 0.167. The van der Waals surface area contributed by atoms with Crippen LogP contribution in [0.3, 0.4) is 0 Å². The second kappa shape index (κ2) is 6.11. The van der Waals surface area contributed by atoms with Gasteiger partial charge in [-0.1, -0.05) is 30.3 Å². The van der Waals surface area contributed by atoms with Crippen molar-refractivity contribution in [3.8, 4) is 0 Å². The van der Waals surface area contributed by atoms with Crippen LogP contribution in [0.2, 0.25) is 0 Å². The Balaban J connectivity index is 2.05. The summed E-state index contributed by atoms with van der Waals surface area (Å²) in [4.78, 5) is 13.4. The van der Waals surface area contributed by atoms with E-state index in [2.05, 4.69) is 0 Å². The van der Waals surface area contributed by atoms with Gasteiger partial charge in [-0.25, -0.2) is 4.39 Å². The molecule has 0 spiro atoms. The van der Waals surface area contributed by atoms with Crippen molar-refractivity contribution in [1.82, 2.24) is 0 Å². The number of carbonyl (C=O) groups is 1. The minimum Gasteiger partial charge on any atom is -0.347 e. The van der Waals surface area contributed by atoms with Gasteiger partial charge in [-0.15, -0.1) is 0 Å². The summed E-state index contributed by atoms with van der Waals surface area (Å²) < 4.78 is 52.1. The van der Waals surface area contributed by atoms with Crippen LogP contribution in [0.25, 0.3) is 5.57 Å². The summed E-state index contributed by atoms with van der Waals surface area (Å²) in [5.41, 5.74) is 1.08. The van der Waals surface area contributed by atoms with E-state index in [9.17, 15) is 22.4 Å². The smallest absolute Gasteiger partial charge is 0.347 e. The minimum absolute atomic E-state index is 0.190. The molecule has 0 aliphatic carbocycles. The van der Waals surface area contributed by atoms with E-state index in [-0.39, 0.29) is 5.56 Å².